The molecule has 2 aliphatic heterocycles. The summed E-state index contributed by atoms with van der Waals surface area (Å²) in [5.74, 6) is -2.35. The topological polar surface area (TPSA) is 137 Å². The lowest BCUT2D eigenvalue weighted by Gasteiger charge is -2.28. The van der Waals surface area contributed by atoms with Gasteiger partial charge in [0.2, 0.25) is 23.6 Å². The van der Waals surface area contributed by atoms with Crippen LogP contribution in [0.4, 0.5) is 4.39 Å². The van der Waals surface area contributed by atoms with Crippen LogP contribution in [0.1, 0.15) is 37.0 Å². The molecule has 0 saturated heterocycles. The lowest BCUT2D eigenvalue weighted by atomic mass is 9.99. The number of halogens is 1. The molecule has 4 amide bonds. The van der Waals surface area contributed by atoms with Gasteiger partial charge in [-0.3, -0.25) is 19.2 Å². The molecule has 3 aromatic carbocycles. The van der Waals surface area contributed by atoms with Gasteiger partial charge >= 0.3 is 0 Å². The Kier molecular flexibility index (Phi) is 11.9. The van der Waals surface area contributed by atoms with Gasteiger partial charge in [-0.15, -0.1) is 0 Å². The molecule has 10 nitrogen and oxygen atoms in total. The van der Waals surface area contributed by atoms with Crippen LogP contribution in [-0.2, 0) is 38.4 Å². The van der Waals surface area contributed by atoms with E-state index in [-0.39, 0.29) is 50.5 Å². The monoisotopic (exact) mass is 632 g/mol. The summed E-state index contributed by atoms with van der Waals surface area (Å²) in [5, 5.41) is 17.9. The van der Waals surface area contributed by atoms with Crippen LogP contribution in [0.2, 0.25) is 0 Å². The highest BCUT2D eigenvalue weighted by Gasteiger charge is 2.31. The first-order chi connectivity index (χ1) is 22.0. The molecule has 3 atom stereocenters. The molecule has 2 aliphatic rings. The minimum atomic E-state index is -1.03. The van der Waals surface area contributed by atoms with E-state index in [2.05, 4.69) is 16.0 Å². The van der Waals surface area contributed by atoms with Gasteiger partial charge < -0.3 is 30.7 Å². The highest BCUT2D eigenvalue weighted by atomic mass is 19.1. The normalized spacial score (nSPS) is 19.2. The van der Waals surface area contributed by atoms with Crippen molar-refractivity contribution in [3.8, 4) is 11.5 Å². The van der Waals surface area contributed by atoms with Crippen LogP contribution in [0.15, 0.2) is 72.8 Å². The van der Waals surface area contributed by atoms with Crippen molar-refractivity contribution in [1.82, 2.24) is 20.9 Å². The maximum absolute atomic E-state index is 14.7. The van der Waals surface area contributed by atoms with E-state index in [1.54, 1.807) is 24.3 Å². The van der Waals surface area contributed by atoms with Crippen LogP contribution in [0, 0.1) is 11.7 Å². The molecule has 0 radical (unpaired) electrons. The van der Waals surface area contributed by atoms with Crippen molar-refractivity contribution in [3.05, 3.63) is 95.3 Å². The molecule has 0 spiro atoms. The molecular formula is C35H41FN4O6. The molecule has 0 aromatic heterocycles. The Bertz CT molecular complexity index is 1520. The molecule has 4 bridgehead atoms. The van der Waals surface area contributed by atoms with Gasteiger partial charge in [-0.05, 0) is 53.3 Å². The predicted molar refractivity (Wildman–Crippen MR) is 170 cm³/mol. The molecule has 0 fully saturated rings. The van der Waals surface area contributed by atoms with Crippen molar-refractivity contribution >= 4 is 23.6 Å². The lowest BCUT2D eigenvalue weighted by molar-refractivity contribution is -0.137. The van der Waals surface area contributed by atoms with Crippen LogP contribution >= 0.6 is 0 Å². The summed E-state index contributed by atoms with van der Waals surface area (Å²) in [4.78, 5) is 55.5. The maximum atomic E-state index is 14.7. The number of likely N-dealkylation sites (N-methyl/N-ethyl adjacent to an activating group) is 1. The van der Waals surface area contributed by atoms with Crippen molar-refractivity contribution < 1.29 is 33.4 Å². The van der Waals surface area contributed by atoms with Crippen LogP contribution in [0.5, 0.6) is 11.5 Å². The smallest absolute Gasteiger partial charge is 0.245 e. The summed E-state index contributed by atoms with van der Waals surface area (Å²) in [6.07, 6.45) is 0.406. The number of aliphatic hydroxyl groups is 1. The number of hydrogen-bond donors (Lipinski definition) is 4. The number of nitrogens with zero attached hydrogens (tertiary/aromatic N) is 1. The Morgan fingerprint density at radius 3 is 2.28 bits per heavy atom. The first-order valence-electron chi connectivity index (χ1n) is 15.4. The van der Waals surface area contributed by atoms with Gasteiger partial charge in [-0.1, -0.05) is 62.4 Å². The van der Waals surface area contributed by atoms with Crippen molar-refractivity contribution in [2.24, 2.45) is 5.92 Å². The van der Waals surface area contributed by atoms with E-state index in [0.717, 1.165) is 5.56 Å². The Morgan fingerprint density at radius 2 is 1.61 bits per heavy atom. The van der Waals surface area contributed by atoms with Crippen LogP contribution in [-0.4, -0.2) is 72.0 Å². The van der Waals surface area contributed by atoms with Crippen molar-refractivity contribution in [2.75, 3.05) is 20.2 Å². The molecule has 0 unspecified atom stereocenters. The average molecular weight is 633 g/mol. The molecule has 244 valence electrons. The van der Waals surface area contributed by atoms with Gasteiger partial charge in [0.05, 0.1) is 13.0 Å². The fourth-order valence-corrected chi connectivity index (χ4v) is 5.26. The van der Waals surface area contributed by atoms with Crippen molar-refractivity contribution in [2.45, 2.75) is 57.7 Å². The number of rotatable bonds is 7. The summed E-state index contributed by atoms with van der Waals surface area (Å²) >= 11 is 0. The zero-order valence-corrected chi connectivity index (χ0v) is 26.3. The average Bonchev–Trinajstić information content (AvgIpc) is 3.02. The van der Waals surface area contributed by atoms with Gasteiger partial charge in [-0.25, -0.2) is 4.39 Å². The molecule has 5 rings (SSSR count). The van der Waals surface area contributed by atoms with Crippen molar-refractivity contribution in [1.29, 1.82) is 0 Å². The number of ether oxygens (including phenoxy) is 1. The summed E-state index contributed by atoms with van der Waals surface area (Å²) in [6, 6.07) is 16.9. The Hall–Kier alpha value is -4.77. The molecular weight excluding hydrogens is 591 g/mol. The number of carbonyl (C=O) groups is 4. The van der Waals surface area contributed by atoms with Gasteiger partial charge in [-0.2, -0.15) is 0 Å². The van der Waals surface area contributed by atoms with E-state index < -0.39 is 47.6 Å². The summed E-state index contributed by atoms with van der Waals surface area (Å²) in [5.41, 5.74) is 1.97. The highest BCUT2D eigenvalue weighted by Crippen LogP contribution is 2.26. The number of aliphatic hydroxyl groups excluding tert-OH is 1. The second-order valence-corrected chi connectivity index (χ2v) is 11.9. The molecule has 0 saturated carbocycles. The molecule has 3 aromatic rings. The minimum absolute atomic E-state index is 0.00579. The Balaban J connectivity index is 1.73. The van der Waals surface area contributed by atoms with Gasteiger partial charge in [0.1, 0.15) is 23.9 Å². The van der Waals surface area contributed by atoms with E-state index in [1.165, 1.54) is 30.1 Å². The fourth-order valence-electron chi connectivity index (χ4n) is 5.26. The third-order valence-corrected chi connectivity index (χ3v) is 7.65. The quantitative estimate of drug-likeness (QED) is 0.296. The van der Waals surface area contributed by atoms with Gasteiger partial charge in [0.25, 0.3) is 0 Å². The lowest BCUT2D eigenvalue weighted by Crippen LogP contribution is -2.58. The van der Waals surface area contributed by atoms with E-state index in [0.29, 0.717) is 16.9 Å². The number of nitrogens with one attached hydrogen (secondary N) is 3. The second-order valence-electron chi connectivity index (χ2n) is 11.9. The number of carbonyl (C=O) groups excluding carboxylic acids is 4. The minimum Gasteiger partial charge on any atom is -0.454 e. The summed E-state index contributed by atoms with van der Waals surface area (Å²) < 4.78 is 20.5. The Labute approximate surface area is 268 Å². The molecule has 11 heteroatoms. The Morgan fingerprint density at radius 1 is 0.935 bits per heavy atom. The standard InChI is InChI=1S/C35H41FN4O6/c1-22(2)17-28-33(43)39-30(35(45)40(3)15-16-41)19-24-9-12-26(13-10-24)46-31-20-25(11-14-27(31)36)21-32(42)37-29(34(44)38-28)18-23-7-5-4-6-8-23/h4-14,20,22,28-30,41H,15-19,21H2,1-3H3,(H,37,42)(H,38,44)(H,39,43)/t28-,29+,30-/m0/s1. The van der Waals surface area contributed by atoms with E-state index in [1.807, 2.05) is 44.2 Å². The van der Waals surface area contributed by atoms with Crippen LogP contribution in [0.3, 0.4) is 0 Å². The largest absolute Gasteiger partial charge is 0.454 e. The molecule has 46 heavy (non-hydrogen) atoms. The zero-order valence-electron chi connectivity index (χ0n) is 26.3. The highest BCUT2D eigenvalue weighted by molar-refractivity contribution is 5.94. The maximum Gasteiger partial charge on any atom is 0.245 e. The summed E-state index contributed by atoms with van der Waals surface area (Å²) in [6.45, 7) is 3.63. The van der Waals surface area contributed by atoms with Gasteiger partial charge in [0, 0.05) is 26.4 Å². The first-order valence-corrected chi connectivity index (χ1v) is 15.4. The number of benzene rings is 3. The zero-order chi connectivity index (χ0) is 33.2. The first kappa shape index (κ1) is 34.1. The molecule has 4 N–H and O–H groups in total. The van der Waals surface area contributed by atoms with Crippen LogP contribution < -0.4 is 20.7 Å². The second kappa shape index (κ2) is 16.0. The number of fused-ring (bicyclic) bond motifs is 12. The third-order valence-electron chi connectivity index (χ3n) is 7.65. The SMILES string of the molecule is CC(C)C[C@@H]1NC(=O)[C@@H](Cc2ccccc2)NC(=O)Cc2ccc(F)c(c2)Oc2ccc(cc2)C[C@@H](C(=O)N(C)CCO)NC1=O. The van der Waals surface area contributed by atoms with E-state index >= 15 is 0 Å². The number of amides is 4. The third kappa shape index (κ3) is 9.61. The van der Waals surface area contributed by atoms with E-state index in [9.17, 15) is 28.7 Å². The van der Waals surface area contributed by atoms with Crippen LogP contribution in [0.25, 0.3) is 0 Å². The fraction of sp³-hybridized carbons (Fsp3) is 0.371. The molecule has 2 heterocycles. The van der Waals surface area contributed by atoms with E-state index in [4.69, 9.17) is 4.74 Å². The van der Waals surface area contributed by atoms with Crippen molar-refractivity contribution in [3.63, 3.8) is 0 Å². The predicted octanol–water partition coefficient (Wildman–Crippen LogP) is 2.91. The number of hydrogen-bond acceptors (Lipinski definition) is 6. The van der Waals surface area contributed by atoms with Gasteiger partial charge in [0.15, 0.2) is 11.6 Å². The molecule has 0 aliphatic carbocycles. The summed E-state index contributed by atoms with van der Waals surface area (Å²) in [7, 11) is 1.53.